The molecular weight excluding hydrogens is 265 g/mol. The fraction of sp³-hybridized carbons (Fsp3) is 0.538. The molecule has 0 aromatic heterocycles. The topological polar surface area (TPSA) is 20.2 Å². The number of rotatable bonds is 1. The molecule has 0 bridgehead atoms. The van der Waals surface area contributed by atoms with Gasteiger partial charge in [-0.15, -0.1) is 0 Å². The van der Waals surface area contributed by atoms with E-state index < -0.39 is 11.8 Å². The Kier molecular flexibility index (Phi) is 3.36. The number of aliphatic hydroxyl groups is 1. The van der Waals surface area contributed by atoms with E-state index in [0.717, 1.165) is 43.7 Å². The number of fused-ring (bicyclic) bond motifs is 1. The molecule has 1 aromatic carbocycles. The maximum Gasteiger partial charge on any atom is 0.421 e. The number of halogens is 4. The van der Waals surface area contributed by atoms with Gasteiger partial charge < -0.3 is 5.11 Å². The average molecular weight is 279 g/mol. The van der Waals surface area contributed by atoms with Gasteiger partial charge in [0, 0.05) is 10.6 Å². The first-order valence-electron chi connectivity index (χ1n) is 5.84. The molecule has 0 saturated carbocycles. The quantitative estimate of drug-likeness (QED) is 0.823. The highest BCUT2D eigenvalue weighted by Crippen LogP contribution is 2.42. The molecule has 0 radical (unpaired) electrons. The van der Waals surface area contributed by atoms with Crippen LogP contribution >= 0.6 is 11.6 Å². The molecule has 1 aromatic rings. The van der Waals surface area contributed by atoms with Crippen LogP contribution in [0.3, 0.4) is 0 Å². The number of benzene rings is 1. The van der Waals surface area contributed by atoms with E-state index in [2.05, 4.69) is 0 Å². The van der Waals surface area contributed by atoms with Crippen LogP contribution in [0.4, 0.5) is 13.2 Å². The molecule has 5 heteroatoms. The van der Waals surface area contributed by atoms with Crippen LogP contribution in [0.5, 0.6) is 0 Å². The normalized spacial score (nSPS) is 19.2. The van der Waals surface area contributed by atoms with Crippen molar-refractivity contribution in [3.8, 4) is 0 Å². The molecule has 1 unspecified atom stereocenters. The van der Waals surface area contributed by atoms with Crippen molar-refractivity contribution in [1.29, 1.82) is 0 Å². The number of aryl methyl sites for hydroxylation is 2. The summed E-state index contributed by atoms with van der Waals surface area (Å²) in [6.07, 6.45) is -1.17. The van der Waals surface area contributed by atoms with Crippen molar-refractivity contribution >= 4 is 11.6 Å². The first-order valence-corrected chi connectivity index (χ1v) is 6.22. The molecule has 0 spiro atoms. The molecule has 1 nitrogen and oxygen atoms in total. The third-order valence-corrected chi connectivity index (χ3v) is 3.82. The van der Waals surface area contributed by atoms with Crippen LogP contribution in [0, 0.1) is 0 Å². The summed E-state index contributed by atoms with van der Waals surface area (Å²) in [6.45, 7) is 0.740. The largest absolute Gasteiger partial charge is 0.421 e. The zero-order chi connectivity index (χ0) is 13.6. The summed E-state index contributed by atoms with van der Waals surface area (Å²) in [5.74, 6) is 0. The summed E-state index contributed by atoms with van der Waals surface area (Å²) < 4.78 is 38.5. The molecule has 0 aliphatic heterocycles. The van der Waals surface area contributed by atoms with Gasteiger partial charge in [0.25, 0.3) is 0 Å². The zero-order valence-electron chi connectivity index (χ0n) is 9.94. The fourth-order valence-corrected chi connectivity index (χ4v) is 2.65. The maximum absolute atomic E-state index is 12.8. The van der Waals surface area contributed by atoms with E-state index in [9.17, 15) is 18.3 Å². The molecule has 1 aliphatic carbocycles. The van der Waals surface area contributed by atoms with Gasteiger partial charge in [0.2, 0.25) is 0 Å². The second kappa shape index (κ2) is 4.42. The van der Waals surface area contributed by atoms with E-state index in [1.165, 1.54) is 6.07 Å². The van der Waals surface area contributed by atoms with Crippen molar-refractivity contribution in [1.82, 2.24) is 0 Å². The molecule has 1 aliphatic rings. The minimum absolute atomic E-state index is 0.0158. The van der Waals surface area contributed by atoms with E-state index in [-0.39, 0.29) is 10.6 Å². The first-order chi connectivity index (χ1) is 8.23. The van der Waals surface area contributed by atoms with Gasteiger partial charge in [0.1, 0.15) is 0 Å². The summed E-state index contributed by atoms with van der Waals surface area (Å²) in [7, 11) is 0. The van der Waals surface area contributed by atoms with Crippen LogP contribution in [0.2, 0.25) is 5.02 Å². The summed E-state index contributed by atoms with van der Waals surface area (Å²) in [6, 6.07) is 2.97. The van der Waals surface area contributed by atoms with Crippen LogP contribution in [0.25, 0.3) is 0 Å². The molecule has 0 fully saturated rings. The highest BCUT2D eigenvalue weighted by Gasteiger charge is 2.52. The molecule has 100 valence electrons. The van der Waals surface area contributed by atoms with Crippen LogP contribution in [-0.4, -0.2) is 11.3 Å². The Morgan fingerprint density at radius 1 is 1.11 bits per heavy atom. The van der Waals surface area contributed by atoms with Crippen LogP contribution in [0.15, 0.2) is 12.1 Å². The second-order valence-electron chi connectivity index (χ2n) is 4.88. The Hall–Kier alpha value is -0.740. The lowest BCUT2D eigenvalue weighted by Crippen LogP contribution is -2.39. The van der Waals surface area contributed by atoms with Gasteiger partial charge in [0.05, 0.1) is 0 Å². The Morgan fingerprint density at radius 3 is 2.11 bits per heavy atom. The Balaban J connectivity index is 2.52. The Labute approximate surface area is 109 Å². The van der Waals surface area contributed by atoms with E-state index in [1.807, 2.05) is 0 Å². The summed E-state index contributed by atoms with van der Waals surface area (Å²) in [5, 5.41) is 9.68. The minimum Gasteiger partial charge on any atom is -0.376 e. The van der Waals surface area contributed by atoms with Crippen molar-refractivity contribution in [3.63, 3.8) is 0 Å². The first kappa shape index (κ1) is 13.7. The third kappa shape index (κ3) is 2.24. The van der Waals surface area contributed by atoms with Gasteiger partial charge in [-0.25, -0.2) is 0 Å². The monoisotopic (exact) mass is 278 g/mol. The zero-order valence-corrected chi connectivity index (χ0v) is 10.7. The Bertz CT molecular complexity index is 466. The predicted octanol–water partition coefficient (Wildman–Crippen LogP) is 3.99. The third-order valence-electron chi connectivity index (χ3n) is 3.51. The SMILES string of the molecule is CC(O)(c1cc2c(cc1Cl)CCCC2)C(F)(F)F. The van der Waals surface area contributed by atoms with Crippen molar-refractivity contribution in [2.45, 2.75) is 44.4 Å². The van der Waals surface area contributed by atoms with E-state index >= 15 is 0 Å². The molecule has 1 N–H and O–H groups in total. The van der Waals surface area contributed by atoms with Gasteiger partial charge in [-0.3, -0.25) is 0 Å². The van der Waals surface area contributed by atoms with Gasteiger partial charge >= 0.3 is 6.18 Å². The molecule has 18 heavy (non-hydrogen) atoms. The molecule has 0 heterocycles. The standard InChI is InChI=1S/C13H14ClF3O/c1-12(18,13(15,16)17)10-6-8-4-2-3-5-9(8)7-11(10)14/h6-7,18H,2-5H2,1H3. The van der Waals surface area contributed by atoms with E-state index in [0.29, 0.717) is 0 Å². The van der Waals surface area contributed by atoms with Gasteiger partial charge in [-0.1, -0.05) is 17.7 Å². The van der Waals surface area contributed by atoms with Crippen molar-refractivity contribution in [2.75, 3.05) is 0 Å². The van der Waals surface area contributed by atoms with Crippen molar-refractivity contribution < 1.29 is 18.3 Å². The number of hydrogen-bond donors (Lipinski definition) is 1. The highest BCUT2D eigenvalue weighted by molar-refractivity contribution is 6.31. The summed E-state index contributed by atoms with van der Waals surface area (Å²) in [5.41, 5.74) is -1.30. The average Bonchev–Trinajstić information content (AvgIpc) is 2.26. The number of alkyl halides is 3. The van der Waals surface area contributed by atoms with Crippen LogP contribution < -0.4 is 0 Å². The van der Waals surface area contributed by atoms with Gasteiger partial charge in [-0.2, -0.15) is 13.2 Å². The lowest BCUT2D eigenvalue weighted by Gasteiger charge is -2.29. The highest BCUT2D eigenvalue weighted by atomic mass is 35.5. The van der Waals surface area contributed by atoms with E-state index in [1.54, 1.807) is 6.07 Å². The fourth-order valence-electron chi connectivity index (χ4n) is 2.28. The molecule has 1 atom stereocenters. The van der Waals surface area contributed by atoms with Crippen molar-refractivity contribution in [2.24, 2.45) is 0 Å². The lowest BCUT2D eigenvalue weighted by molar-refractivity contribution is -0.258. The molecular formula is C13H14ClF3O. The van der Waals surface area contributed by atoms with Crippen LogP contribution in [0.1, 0.15) is 36.5 Å². The van der Waals surface area contributed by atoms with Gasteiger partial charge in [0.15, 0.2) is 5.60 Å². The predicted molar refractivity (Wildman–Crippen MR) is 63.7 cm³/mol. The number of hydrogen-bond acceptors (Lipinski definition) is 1. The smallest absolute Gasteiger partial charge is 0.376 e. The maximum atomic E-state index is 12.8. The second-order valence-corrected chi connectivity index (χ2v) is 5.29. The van der Waals surface area contributed by atoms with Gasteiger partial charge in [-0.05, 0) is 49.8 Å². The summed E-state index contributed by atoms with van der Waals surface area (Å²) >= 11 is 5.89. The Morgan fingerprint density at radius 2 is 1.61 bits per heavy atom. The van der Waals surface area contributed by atoms with Crippen LogP contribution in [-0.2, 0) is 18.4 Å². The summed E-state index contributed by atoms with van der Waals surface area (Å²) in [4.78, 5) is 0. The lowest BCUT2D eigenvalue weighted by atomic mass is 9.86. The van der Waals surface area contributed by atoms with E-state index in [4.69, 9.17) is 11.6 Å². The van der Waals surface area contributed by atoms with Crippen molar-refractivity contribution in [3.05, 3.63) is 33.8 Å². The minimum atomic E-state index is -4.74. The molecule has 0 saturated heterocycles. The molecule has 2 rings (SSSR count). The molecule has 0 amide bonds.